The topological polar surface area (TPSA) is 77.8 Å². The smallest absolute Gasteiger partial charge is 0.305 e. The monoisotopic (exact) mass is 285 g/mol. The van der Waals surface area contributed by atoms with E-state index in [9.17, 15) is 14.7 Å². The fourth-order valence-electron chi connectivity index (χ4n) is 1.62. The SMILES string of the molecule is CC(C)N(CCC(=O)O)C(=O)c1ccc(O)c(Cl)c1. The van der Waals surface area contributed by atoms with Crippen LogP contribution in [0, 0.1) is 0 Å². The number of amides is 1. The lowest BCUT2D eigenvalue weighted by Crippen LogP contribution is -2.38. The van der Waals surface area contributed by atoms with Gasteiger partial charge in [-0.2, -0.15) is 0 Å². The first-order valence-electron chi connectivity index (χ1n) is 5.84. The van der Waals surface area contributed by atoms with Gasteiger partial charge in [-0.05, 0) is 32.0 Å². The van der Waals surface area contributed by atoms with Gasteiger partial charge in [-0.3, -0.25) is 9.59 Å². The number of aliphatic carboxylic acids is 1. The van der Waals surface area contributed by atoms with Gasteiger partial charge in [0.25, 0.3) is 5.91 Å². The summed E-state index contributed by atoms with van der Waals surface area (Å²) in [6.07, 6.45) is -0.115. The molecular weight excluding hydrogens is 270 g/mol. The lowest BCUT2D eigenvalue weighted by molar-refractivity contribution is -0.137. The average molecular weight is 286 g/mol. The Bertz CT molecular complexity index is 488. The first-order chi connectivity index (χ1) is 8.82. The van der Waals surface area contributed by atoms with Gasteiger partial charge in [0.05, 0.1) is 11.4 Å². The number of rotatable bonds is 5. The molecule has 104 valence electrons. The number of carboxylic acids is 1. The number of carboxylic acid groups (broad SMARTS) is 1. The molecule has 0 aromatic heterocycles. The highest BCUT2D eigenvalue weighted by molar-refractivity contribution is 6.32. The van der Waals surface area contributed by atoms with Crippen molar-refractivity contribution in [3.63, 3.8) is 0 Å². The Kier molecular flexibility index (Phi) is 5.18. The number of benzene rings is 1. The van der Waals surface area contributed by atoms with Crippen molar-refractivity contribution in [2.24, 2.45) is 0 Å². The maximum absolute atomic E-state index is 12.3. The van der Waals surface area contributed by atoms with Gasteiger partial charge in [-0.25, -0.2) is 0 Å². The van der Waals surface area contributed by atoms with Crippen molar-refractivity contribution in [1.82, 2.24) is 4.90 Å². The quantitative estimate of drug-likeness (QED) is 0.870. The predicted molar refractivity (Wildman–Crippen MR) is 71.5 cm³/mol. The molecule has 5 nitrogen and oxygen atoms in total. The van der Waals surface area contributed by atoms with E-state index in [1.807, 2.05) is 13.8 Å². The van der Waals surface area contributed by atoms with Crippen LogP contribution in [0.15, 0.2) is 18.2 Å². The third-order valence-electron chi connectivity index (χ3n) is 2.65. The van der Waals surface area contributed by atoms with Gasteiger partial charge >= 0.3 is 5.97 Å². The van der Waals surface area contributed by atoms with Gasteiger partial charge in [-0.1, -0.05) is 11.6 Å². The number of phenols is 1. The van der Waals surface area contributed by atoms with Crippen molar-refractivity contribution >= 4 is 23.5 Å². The fraction of sp³-hybridized carbons (Fsp3) is 0.385. The van der Waals surface area contributed by atoms with E-state index in [-0.39, 0.29) is 35.7 Å². The van der Waals surface area contributed by atoms with Crippen molar-refractivity contribution in [2.45, 2.75) is 26.3 Å². The molecule has 19 heavy (non-hydrogen) atoms. The van der Waals surface area contributed by atoms with Gasteiger partial charge in [0.15, 0.2) is 0 Å². The highest BCUT2D eigenvalue weighted by Gasteiger charge is 2.20. The lowest BCUT2D eigenvalue weighted by atomic mass is 10.1. The summed E-state index contributed by atoms with van der Waals surface area (Å²) in [6, 6.07) is 4.04. The normalized spacial score (nSPS) is 10.5. The zero-order chi connectivity index (χ0) is 14.6. The molecule has 0 heterocycles. The number of hydrogen-bond acceptors (Lipinski definition) is 3. The van der Waals surface area contributed by atoms with Gasteiger partial charge in [0.2, 0.25) is 0 Å². The summed E-state index contributed by atoms with van der Waals surface area (Å²) in [5.74, 6) is -1.36. The number of phenolic OH excluding ortho intramolecular Hbond substituents is 1. The van der Waals surface area contributed by atoms with Crippen LogP contribution < -0.4 is 0 Å². The number of aromatic hydroxyl groups is 1. The van der Waals surface area contributed by atoms with Crippen molar-refractivity contribution in [3.8, 4) is 5.75 Å². The predicted octanol–water partition coefficient (Wildman–Crippen LogP) is 2.37. The van der Waals surface area contributed by atoms with E-state index in [2.05, 4.69) is 0 Å². The molecule has 1 amide bonds. The Morgan fingerprint density at radius 2 is 2.00 bits per heavy atom. The van der Waals surface area contributed by atoms with Crippen LogP contribution in [0.3, 0.4) is 0 Å². The summed E-state index contributed by atoms with van der Waals surface area (Å²) < 4.78 is 0. The third-order valence-corrected chi connectivity index (χ3v) is 2.95. The molecule has 0 bridgehead atoms. The lowest BCUT2D eigenvalue weighted by Gasteiger charge is -2.26. The molecule has 1 aromatic carbocycles. The second-order valence-electron chi connectivity index (χ2n) is 4.40. The molecule has 0 aliphatic carbocycles. The molecule has 6 heteroatoms. The zero-order valence-corrected chi connectivity index (χ0v) is 11.5. The molecule has 0 saturated heterocycles. The zero-order valence-electron chi connectivity index (χ0n) is 10.8. The van der Waals surface area contributed by atoms with Gasteiger partial charge in [0, 0.05) is 18.2 Å². The van der Waals surface area contributed by atoms with E-state index < -0.39 is 5.97 Å². The Labute approximate surface area is 116 Å². The molecule has 0 spiro atoms. The van der Waals surface area contributed by atoms with E-state index in [0.29, 0.717) is 5.56 Å². The second-order valence-corrected chi connectivity index (χ2v) is 4.81. The van der Waals surface area contributed by atoms with Crippen LogP contribution in [0.1, 0.15) is 30.6 Å². The number of carbonyl (C=O) groups is 2. The largest absolute Gasteiger partial charge is 0.506 e. The van der Waals surface area contributed by atoms with Crippen molar-refractivity contribution in [2.75, 3.05) is 6.54 Å². The van der Waals surface area contributed by atoms with Crippen LogP contribution in [0.4, 0.5) is 0 Å². The van der Waals surface area contributed by atoms with Gasteiger partial charge < -0.3 is 15.1 Å². The highest BCUT2D eigenvalue weighted by Crippen LogP contribution is 2.24. The summed E-state index contributed by atoms with van der Waals surface area (Å²) in [5.41, 5.74) is 0.321. The Morgan fingerprint density at radius 3 is 2.47 bits per heavy atom. The van der Waals surface area contributed by atoms with E-state index in [4.69, 9.17) is 16.7 Å². The van der Waals surface area contributed by atoms with E-state index in [1.54, 1.807) is 0 Å². The maximum atomic E-state index is 12.3. The minimum absolute atomic E-state index is 0.0905. The van der Waals surface area contributed by atoms with E-state index in [0.717, 1.165) is 0 Å². The van der Waals surface area contributed by atoms with Crippen LogP contribution in [-0.4, -0.2) is 39.6 Å². The van der Waals surface area contributed by atoms with Crippen LogP contribution in [0.2, 0.25) is 5.02 Å². The molecule has 0 radical (unpaired) electrons. The Balaban J connectivity index is 2.92. The van der Waals surface area contributed by atoms with Crippen molar-refractivity contribution < 1.29 is 19.8 Å². The van der Waals surface area contributed by atoms with Gasteiger partial charge in [0.1, 0.15) is 5.75 Å². The third kappa shape index (κ3) is 4.13. The molecule has 2 N–H and O–H groups in total. The maximum Gasteiger partial charge on any atom is 0.305 e. The summed E-state index contributed by atoms with van der Waals surface area (Å²) >= 11 is 5.75. The van der Waals surface area contributed by atoms with Crippen molar-refractivity contribution in [3.05, 3.63) is 28.8 Å². The van der Waals surface area contributed by atoms with E-state index >= 15 is 0 Å². The highest BCUT2D eigenvalue weighted by atomic mass is 35.5. The summed E-state index contributed by atoms with van der Waals surface area (Å²) in [7, 11) is 0. The summed E-state index contributed by atoms with van der Waals surface area (Å²) in [4.78, 5) is 24.3. The number of nitrogens with zero attached hydrogens (tertiary/aromatic N) is 1. The molecule has 0 fully saturated rings. The number of carbonyl (C=O) groups excluding carboxylic acids is 1. The van der Waals surface area contributed by atoms with Gasteiger partial charge in [-0.15, -0.1) is 0 Å². The standard InChI is InChI=1S/C13H16ClNO4/c1-8(2)15(6-5-12(17)18)13(19)9-3-4-11(16)10(14)7-9/h3-4,7-8,16H,5-6H2,1-2H3,(H,17,18). The molecular formula is C13H16ClNO4. The molecule has 1 aromatic rings. The van der Waals surface area contributed by atoms with Crippen LogP contribution >= 0.6 is 11.6 Å². The van der Waals surface area contributed by atoms with Crippen molar-refractivity contribution in [1.29, 1.82) is 0 Å². The average Bonchev–Trinajstić information content (AvgIpc) is 2.31. The molecule has 0 aliphatic heterocycles. The minimum atomic E-state index is -0.956. The summed E-state index contributed by atoms with van der Waals surface area (Å²) in [6.45, 7) is 3.74. The number of halogens is 1. The fourth-order valence-corrected chi connectivity index (χ4v) is 1.80. The first-order valence-corrected chi connectivity index (χ1v) is 6.22. The van der Waals surface area contributed by atoms with Crippen LogP contribution in [0.5, 0.6) is 5.75 Å². The summed E-state index contributed by atoms with van der Waals surface area (Å²) in [5, 5.41) is 18.1. The second kappa shape index (κ2) is 6.43. The Morgan fingerprint density at radius 1 is 1.37 bits per heavy atom. The van der Waals surface area contributed by atoms with Crippen LogP contribution in [0.25, 0.3) is 0 Å². The Hall–Kier alpha value is -1.75. The molecule has 0 aliphatic rings. The number of hydrogen-bond donors (Lipinski definition) is 2. The molecule has 0 unspecified atom stereocenters. The first kappa shape index (κ1) is 15.3. The molecule has 0 atom stereocenters. The van der Waals surface area contributed by atoms with Crippen LogP contribution in [-0.2, 0) is 4.79 Å². The molecule has 0 saturated carbocycles. The van der Waals surface area contributed by atoms with E-state index in [1.165, 1.54) is 23.1 Å². The minimum Gasteiger partial charge on any atom is -0.506 e. The molecule has 1 rings (SSSR count).